The van der Waals surface area contributed by atoms with Gasteiger partial charge in [0.2, 0.25) is 0 Å². The molecule has 1 saturated heterocycles. The number of piperidine rings is 1. The largest absolute Gasteiger partial charge is 0.322 e. The first-order valence-electron chi connectivity index (χ1n) is 8.37. The normalized spacial score (nSPS) is 22.5. The van der Waals surface area contributed by atoms with Crippen molar-refractivity contribution in [1.82, 2.24) is 10.3 Å². The van der Waals surface area contributed by atoms with Crippen molar-refractivity contribution in [2.45, 2.75) is 37.3 Å². The molecule has 0 unspecified atom stereocenters. The predicted molar refractivity (Wildman–Crippen MR) is 96.0 cm³/mol. The van der Waals surface area contributed by atoms with Gasteiger partial charge in [-0.2, -0.15) is 0 Å². The summed E-state index contributed by atoms with van der Waals surface area (Å²) in [5, 5.41) is 3.67. The molecule has 1 aromatic heterocycles. The Morgan fingerprint density at radius 2 is 2.04 bits per heavy atom. The SMILES string of the molecule is C=CC[C@]1([C@@H](N)c2ccc(-c3cccnc3)cc2)CCCCN1. The summed E-state index contributed by atoms with van der Waals surface area (Å²) in [6.45, 7) is 4.96. The molecule has 2 aromatic rings. The Hall–Kier alpha value is -1.97. The van der Waals surface area contributed by atoms with Gasteiger partial charge in [0, 0.05) is 24.0 Å². The first-order chi connectivity index (χ1) is 11.2. The second-order valence-electron chi connectivity index (χ2n) is 6.37. The maximum absolute atomic E-state index is 6.66. The van der Waals surface area contributed by atoms with E-state index in [1.165, 1.54) is 24.0 Å². The predicted octanol–water partition coefficient (Wildman–Crippen LogP) is 3.84. The fraction of sp³-hybridized carbons (Fsp3) is 0.350. The van der Waals surface area contributed by atoms with Gasteiger partial charge in [0.25, 0.3) is 0 Å². The molecule has 23 heavy (non-hydrogen) atoms. The average molecular weight is 307 g/mol. The highest BCUT2D eigenvalue weighted by molar-refractivity contribution is 5.62. The summed E-state index contributed by atoms with van der Waals surface area (Å²) < 4.78 is 0. The zero-order valence-corrected chi connectivity index (χ0v) is 13.5. The van der Waals surface area contributed by atoms with Crippen LogP contribution in [0.2, 0.25) is 0 Å². The van der Waals surface area contributed by atoms with Crippen LogP contribution in [0.5, 0.6) is 0 Å². The molecule has 2 atom stereocenters. The third-order valence-corrected chi connectivity index (χ3v) is 4.90. The minimum atomic E-state index is -0.0597. The van der Waals surface area contributed by atoms with Crippen LogP contribution in [0.15, 0.2) is 61.4 Å². The number of hydrogen-bond acceptors (Lipinski definition) is 3. The summed E-state index contributed by atoms with van der Waals surface area (Å²) in [6.07, 6.45) is 10.1. The number of aromatic nitrogens is 1. The van der Waals surface area contributed by atoms with E-state index in [4.69, 9.17) is 5.73 Å². The number of nitrogens with two attached hydrogens (primary N) is 1. The molecule has 0 amide bonds. The maximum atomic E-state index is 6.66. The van der Waals surface area contributed by atoms with Gasteiger partial charge in [-0.3, -0.25) is 4.98 Å². The number of nitrogens with zero attached hydrogens (tertiary/aromatic N) is 1. The van der Waals surface area contributed by atoms with Gasteiger partial charge >= 0.3 is 0 Å². The number of nitrogens with one attached hydrogen (secondary N) is 1. The summed E-state index contributed by atoms with van der Waals surface area (Å²) in [5.41, 5.74) is 10.1. The smallest absolute Gasteiger partial charge is 0.0483 e. The van der Waals surface area contributed by atoms with E-state index in [9.17, 15) is 0 Å². The van der Waals surface area contributed by atoms with E-state index < -0.39 is 0 Å². The van der Waals surface area contributed by atoms with Gasteiger partial charge in [-0.05, 0) is 48.6 Å². The van der Waals surface area contributed by atoms with Gasteiger partial charge in [0.1, 0.15) is 0 Å². The van der Waals surface area contributed by atoms with Crippen LogP contribution >= 0.6 is 0 Å². The molecule has 3 heteroatoms. The first kappa shape index (κ1) is 15.9. The molecule has 3 N–H and O–H groups in total. The van der Waals surface area contributed by atoms with Crippen LogP contribution in [-0.4, -0.2) is 17.1 Å². The Kier molecular flexibility index (Phi) is 4.89. The topological polar surface area (TPSA) is 50.9 Å². The lowest BCUT2D eigenvalue weighted by molar-refractivity contribution is 0.211. The molecular formula is C20H25N3. The van der Waals surface area contributed by atoms with E-state index in [1.807, 2.05) is 18.3 Å². The molecule has 1 aliphatic heterocycles. The van der Waals surface area contributed by atoms with Crippen molar-refractivity contribution in [3.63, 3.8) is 0 Å². The highest BCUT2D eigenvalue weighted by atomic mass is 15.0. The number of benzene rings is 1. The molecule has 0 saturated carbocycles. The highest BCUT2D eigenvalue weighted by Crippen LogP contribution is 2.35. The molecule has 1 aliphatic rings. The molecule has 3 nitrogen and oxygen atoms in total. The van der Waals surface area contributed by atoms with Crippen LogP contribution in [0.1, 0.15) is 37.3 Å². The fourth-order valence-electron chi connectivity index (χ4n) is 3.55. The van der Waals surface area contributed by atoms with E-state index >= 15 is 0 Å². The van der Waals surface area contributed by atoms with E-state index in [-0.39, 0.29) is 11.6 Å². The molecule has 0 aliphatic carbocycles. The number of hydrogen-bond donors (Lipinski definition) is 2. The van der Waals surface area contributed by atoms with Crippen LogP contribution < -0.4 is 11.1 Å². The van der Waals surface area contributed by atoms with E-state index in [1.54, 1.807) is 6.20 Å². The monoisotopic (exact) mass is 307 g/mol. The maximum Gasteiger partial charge on any atom is 0.0483 e. The Bertz CT molecular complexity index is 628. The van der Waals surface area contributed by atoms with Gasteiger partial charge in [0.15, 0.2) is 0 Å². The van der Waals surface area contributed by atoms with Crippen molar-refractivity contribution >= 4 is 0 Å². The van der Waals surface area contributed by atoms with Gasteiger partial charge < -0.3 is 11.1 Å². The van der Waals surface area contributed by atoms with Crippen LogP contribution in [0, 0.1) is 0 Å². The summed E-state index contributed by atoms with van der Waals surface area (Å²) in [4.78, 5) is 4.18. The molecule has 0 spiro atoms. The third-order valence-electron chi connectivity index (χ3n) is 4.90. The Labute approximate surface area is 138 Å². The van der Waals surface area contributed by atoms with Crippen molar-refractivity contribution in [2.24, 2.45) is 5.73 Å². The fourth-order valence-corrected chi connectivity index (χ4v) is 3.55. The summed E-state index contributed by atoms with van der Waals surface area (Å²) in [5.74, 6) is 0. The van der Waals surface area contributed by atoms with Crippen molar-refractivity contribution in [3.05, 3.63) is 67.0 Å². The highest BCUT2D eigenvalue weighted by Gasteiger charge is 2.37. The molecule has 1 fully saturated rings. The van der Waals surface area contributed by atoms with Gasteiger partial charge in [-0.25, -0.2) is 0 Å². The molecular weight excluding hydrogens is 282 g/mol. The second-order valence-corrected chi connectivity index (χ2v) is 6.37. The molecule has 0 radical (unpaired) electrons. The van der Waals surface area contributed by atoms with Crippen LogP contribution in [0.3, 0.4) is 0 Å². The van der Waals surface area contributed by atoms with Crippen molar-refractivity contribution < 1.29 is 0 Å². The number of rotatable bonds is 5. The molecule has 3 rings (SSSR count). The summed E-state index contributed by atoms with van der Waals surface area (Å²) in [6, 6.07) is 12.6. The van der Waals surface area contributed by atoms with Crippen LogP contribution in [0.4, 0.5) is 0 Å². The minimum Gasteiger partial charge on any atom is -0.322 e. The summed E-state index contributed by atoms with van der Waals surface area (Å²) in [7, 11) is 0. The minimum absolute atomic E-state index is 0.0243. The number of pyridine rings is 1. The molecule has 0 bridgehead atoms. The molecule has 1 aromatic carbocycles. The first-order valence-corrected chi connectivity index (χ1v) is 8.37. The second kappa shape index (κ2) is 7.07. The van der Waals surface area contributed by atoms with E-state index in [0.717, 1.165) is 24.9 Å². The lowest BCUT2D eigenvalue weighted by Crippen LogP contribution is -2.55. The Morgan fingerprint density at radius 1 is 1.22 bits per heavy atom. The van der Waals surface area contributed by atoms with Gasteiger partial charge in [-0.15, -0.1) is 6.58 Å². The summed E-state index contributed by atoms with van der Waals surface area (Å²) >= 11 is 0. The zero-order chi connectivity index (χ0) is 16.1. The van der Waals surface area contributed by atoms with Crippen molar-refractivity contribution in [1.29, 1.82) is 0 Å². The lowest BCUT2D eigenvalue weighted by Gasteiger charge is -2.42. The standard InChI is InChI=1S/C20H25N3/c1-2-11-20(12-3-4-14-23-20)19(21)17-9-7-16(8-10-17)18-6-5-13-22-15-18/h2,5-10,13,15,19,23H,1,3-4,11-12,14,21H2/t19-,20+/m0/s1. The van der Waals surface area contributed by atoms with E-state index in [0.29, 0.717) is 0 Å². The molecule has 120 valence electrons. The lowest BCUT2D eigenvalue weighted by atomic mass is 9.77. The van der Waals surface area contributed by atoms with E-state index in [2.05, 4.69) is 47.2 Å². The van der Waals surface area contributed by atoms with Crippen LogP contribution in [-0.2, 0) is 0 Å². The Balaban J connectivity index is 1.84. The quantitative estimate of drug-likeness (QED) is 0.825. The van der Waals surface area contributed by atoms with Gasteiger partial charge in [-0.1, -0.05) is 42.8 Å². The zero-order valence-electron chi connectivity index (χ0n) is 13.5. The van der Waals surface area contributed by atoms with Gasteiger partial charge in [0.05, 0.1) is 0 Å². The van der Waals surface area contributed by atoms with Crippen molar-refractivity contribution in [2.75, 3.05) is 6.54 Å². The van der Waals surface area contributed by atoms with Crippen molar-refractivity contribution in [3.8, 4) is 11.1 Å². The third kappa shape index (κ3) is 3.36. The van der Waals surface area contributed by atoms with Crippen LogP contribution in [0.25, 0.3) is 11.1 Å². The molecule has 2 heterocycles. The average Bonchev–Trinajstić information content (AvgIpc) is 2.63. The Morgan fingerprint density at radius 3 is 2.65 bits per heavy atom.